The average molecular weight is 425 g/mol. The summed E-state index contributed by atoms with van der Waals surface area (Å²) in [6.45, 7) is 7.66. The van der Waals surface area contributed by atoms with Crippen molar-refractivity contribution < 1.29 is 9.85 Å². The number of nitro benzene ring substituents is 2. The first-order chi connectivity index (χ1) is 13.1. The molecule has 0 fully saturated rings. The summed E-state index contributed by atoms with van der Waals surface area (Å²) >= 11 is 12.2. The Hall–Kier alpha value is -2.71. The van der Waals surface area contributed by atoms with Crippen LogP contribution in [0.25, 0.3) is 0 Å². The van der Waals surface area contributed by atoms with Crippen LogP contribution >= 0.6 is 23.2 Å². The van der Waals surface area contributed by atoms with Crippen LogP contribution in [-0.4, -0.2) is 16.1 Å². The highest BCUT2D eigenvalue weighted by atomic mass is 35.5. The molecule has 28 heavy (non-hydrogen) atoms. The van der Waals surface area contributed by atoms with Crippen molar-refractivity contribution in [3.8, 4) is 0 Å². The van der Waals surface area contributed by atoms with Crippen molar-refractivity contribution in [3.63, 3.8) is 0 Å². The molecule has 0 saturated carbocycles. The van der Waals surface area contributed by atoms with E-state index in [-0.39, 0.29) is 11.4 Å². The average Bonchev–Trinajstić information content (AvgIpc) is 2.62. The van der Waals surface area contributed by atoms with Gasteiger partial charge in [0.25, 0.3) is 5.69 Å². The van der Waals surface area contributed by atoms with Crippen molar-refractivity contribution in [2.45, 2.75) is 32.5 Å². The Morgan fingerprint density at radius 3 is 2.04 bits per heavy atom. The molecule has 0 unspecified atom stereocenters. The van der Waals surface area contributed by atoms with E-state index in [0.29, 0.717) is 0 Å². The molecule has 0 spiro atoms. The maximum Gasteiger partial charge on any atom is 0.301 e. The van der Waals surface area contributed by atoms with Crippen molar-refractivity contribution in [1.29, 1.82) is 0 Å². The lowest BCUT2D eigenvalue weighted by Crippen LogP contribution is -2.06. The topological polar surface area (TPSA) is 111 Å². The molecule has 2 aromatic rings. The van der Waals surface area contributed by atoms with E-state index in [0.717, 1.165) is 39.4 Å². The number of nitrogens with one attached hydrogen (secondary N) is 1. The second-order valence-corrected chi connectivity index (χ2v) is 7.31. The zero-order valence-corrected chi connectivity index (χ0v) is 17.1. The lowest BCUT2D eigenvalue weighted by Gasteiger charge is -2.19. The van der Waals surface area contributed by atoms with Gasteiger partial charge in [0, 0.05) is 11.6 Å². The lowest BCUT2D eigenvalue weighted by atomic mass is 9.90. The Morgan fingerprint density at radius 1 is 1.00 bits per heavy atom. The van der Waals surface area contributed by atoms with Gasteiger partial charge >= 0.3 is 5.69 Å². The summed E-state index contributed by atoms with van der Waals surface area (Å²) in [6.07, 6.45) is 1.55. The first-order valence-corrected chi connectivity index (χ1v) is 9.03. The number of hydrogen-bond donors (Lipinski definition) is 1. The van der Waals surface area contributed by atoms with E-state index in [4.69, 9.17) is 23.2 Å². The highest BCUT2D eigenvalue weighted by molar-refractivity contribution is 6.44. The van der Waals surface area contributed by atoms with Crippen molar-refractivity contribution in [1.82, 2.24) is 0 Å². The molecule has 2 rings (SSSR count). The fourth-order valence-electron chi connectivity index (χ4n) is 2.94. The number of anilines is 1. The van der Waals surface area contributed by atoms with E-state index < -0.39 is 20.4 Å². The first kappa shape index (κ1) is 21.6. The molecule has 0 heterocycles. The number of non-ortho nitro benzene ring substituents is 1. The zero-order chi connectivity index (χ0) is 21.2. The van der Waals surface area contributed by atoms with E-state index in [1.807, 2.05) is 27.7 Å². The highest BCUT2D eigenvalue weighted by Crippen LogP contribution is 2.35. The standard InChI is InChI=1S/C18H18Cl2N4O4/c1-9-11(3)17(18(19)20)12(4)10(2)14(9)8-21-22-15-6-5-13(23(25)26)7-16(15)24(27)28/h5-8,18,22H,1-4H3. The van der Waals surface area contributed by atoms with Crippen LogP contribution in [0.3, 0.4) is 0 Å². The first-order valence-electron chi connectivity index (χ1n) is 8.16. The summed E-state index contributed by atoms with van der Waals surface area (Å²) in [5.41, 5.74) is 7.30. The highest BCUT2D eigenvalue weighted by Gasteiger charge is 2.20. The third kappa shape index (κ3) is 4.23. The van der Waals surface area contributed by atoms with E-state index in [2.05, 4.69) is 10.5 Å². The third-order valence-electron chi connectivity index (χ3n) is 4.73. The maximum atomic E-state index is 11.2. The second kappa shape index (κ2) is 8.53. The van der Waals surface area contributed by atoms with Gasteiger partial charge in [0.1, 0.15) is 10.5 Å². The van der Waals surface area contributed by atoms with Crippen molar-refractivity contribution in [2.24, 2.45) is 5.10 Å². The van der Waals surface area contributed by atoms with E-state index >= 15 is 0 Å². The minimum absolute atomic E-state index is 0.0498. The monoisotopic (exact) mass is 424 g/mol. The number of benzene rings is 2. The largest absolute Gasteiger partial charge is 0.301 e. The number of halogens is 2. The van der Waals surface area contributed by atoms with Gasteiger partial charge in [-0.1, -0.05) is 0 Å². The SMILES string of the molecule is Cc1c(C)c(C(Cl)Cl)c(C)c(C)c1C=NNc1ccc([N+](=O)[O-])cc1[N+](=O)[O-]. The number of hydrogen-bond acceptors (Lipinski definition) is 6. The summed E-state index contributed by atoms with van der Waals surface area (Å²) in [4.78, 5) is 20.0. The molecular formula is C18H18Cl2N4O4. The second-order valence-electron chi connectivity index (χ2n) is 6.21. The molecule has 0 amide bonds. The van der Waals surface area contributed by atoms with Gasteiger partial charge in [-0.05, 0) is 61.6 Å². The predicted molar refractivity (Wildman–Crippen MR) is 111 cm³/mol. The molecule has 0 atom stereocenters. The van der Waals surface area contributed by atoms with Gasteiger partial charge in [-0.25, -0.2) is 0 Å². The molecule has 0 saturated heterocycles. The number of nitro groups is 2. The zero-order valence-electron chi connectivity index (χ0n) is 15.6. The molecule has 0 aliphatic heterocycles. The third-order valence-corrected chi connectivity index (χ3v) is 5.16. The molecule has 1 N–H and O–H groups in total. The summed E-state index contributed by atoms with van der Waals surface area (Å²) in [7, 11) is 0. The maximum absolute atomic E-state index is 11.2. The molecule has 0 aromatic heterocycles. The fraction of sp³-hybridized carbons (Fsp3) is 0.278. The smallest absolute Gasteiger partial charge is 0.272 e. The number of rotatable bonds is 6. The summed E-state index contributed by atoms with van der Waals surface area (Å²) in [5.74, 6) is 0. The molecule has 10 heteroatoms. The van der Waals surface area contributed by atoms with Crippen LogP contribution in [0, 0.1) is 47.9 Å². The Bertz CT molecular complexity index is 961. The van der Waals surface area contributed by atoms with Gasteiger partial charge in [0.05, 0.1) is 22.1 Å². The Labute approximate surface area is 171 Å². The van der Waals surface area contributed by atoms with Crippen molar-refractivity contribution in [3.05, 3.63) is 71.8 Å². The van der Waals surface area contributed by atoms with Crippen LogP contribution in [0.2, 0.25) is 0 Å². The summed E-state index contributed by atoms with van der Waals surface area (Å²) in [5, 5.41) is 26.1. The Kier molecular flexibility index (Phi) is 6.58. The fourth-order valence-corrected chi connectivity index (χ4v) is 3.59. The predicted octanol–water partition coefficient (Wildman–Crippen LogP) is 5.66. The van der Waals surface area contributed by atoms with Crippen LogP contribution in [-0.2, 0) is 0 Å². The van der Waals surface area contributed by atoms with E-state index in [9.17, 15) is 20.2 Å². The Morgan fingerprint density at radius 2 is 1.57 bits per heavy atom. The number of nitrogens with zero attached hydrogens (tertiary/aromatic N) is 3. The molecule has 0 aliphatic carbocycles. The van der Waals surface area contributed by atoms with Crippen LogP contribution in [0.5, 0.6) is 0 Å². The molecule has 0 radical (unpaired) electrons. The number of hydrazone groups is 1. The molecular weight excluding hydrogens is 407 g/mol. The van der Waals surface area contributed by atoms with E-state index in [1.54, 1.807) is 6.21 Å². The van der Waals surface area contributed by atoms with Gasteiger partial charge in [-0.2, -0.15) is 5.10 Å². The molecule has 148 valence electrons. The quantitative estimate of drug-likeness (QED) is 0.278. The van der Waals surface area contributed by atoms with Gasteiger partial charge in [-0.15, -0.1) is 23.2 Å². The normalized spacial score (nSPS) is 11.2. The van der Waals surface area contributed by atoms with Crippen LogP contribution in [0.1, 0.15) is 38.2 Å². The molecule has 8 nitrogen and oxygen atoms in total. The summed E-state index contributed by atoms with van der Waals surface area (Å²) < 4.78 is 0. The van der Waals surface area contributed by atoms with E-state index in [1.165, 1.54) is 12.1 Å². The summed E-state index contributed by atoms with van der Waals surface area (Å²) in [6, 6.07) is 3.31. The van der Waals surface area contributed by atoms with Crippen LogP contribution in [0.15, 0.2) is 23.3 Å². The van der Waals surface area contributed by atoms with Crippen LogP contribution in [0.4, 0.5) is 17.1 Å². The molecule has 2 aromatic carbocycles. The van der Waals surface area contributed by atoms with Crippen LogP contribution < -0.4 is 5.43 Å². The number of alkyl halides is 2. The minimum Gasteiger partial charge on any atom is -0.272 e. The molecule has 0 bridgehead atoms. The minimum atomic E-state index is -0.703. The Balaban J connectivity index is 2.41. The van der Waals surface area contributed by atoms with Crippen molar-refractivity contribution in [2.75, 3.05) is 5.43 Å². The molecule has 0 aliphatic rings. The van der Waals surface area contributed by atoms with Crippen molar-refractivity contribution >= 4 is 46.5 Å². The lowest BCUT2D eigenvalue weighted by molar-refractivity contribution is -0.393. The van der Waals surface area contributed by atoms with Gasteiger partial charge in [-0.3, -0.25) is 25.7 Å². The van der Waals surface area contributed by atoms with Gasteiger partial charge in [0.15, 0.2) is 0 Å². The van der Waals surface area contributed by atoms with Gasteiger partial charge < -0.3 is 0 Å². The van der Waals surface area contributed by atoms with Gasteiger partial charge in [0.2, 0.25) is 0 Å².